The van der Waals surface area contributed by atoms with Crippen LogP contribution >= 0.6 is 0 Å². The smallest absolute Gasteiger partial charge is 0.0543 e. The lowest BCUT2D eigenvalue weighted by Crippen LogP contribution is -2.64. The van der Waals surface area contributed by atoms with Gasteiger partial charge in [0.25, 0.3) is 0 Å². The van der Waals surface area contributed by atoms with Crippen molar-refractivity contribution in [3.8, 4) is 0 Å². The van der Waals surface area contributed by atoms with E-state index < -0.39 is 0 Å². The molecule has 6 fully saturated rings. The van der Waals surface area contributed by atoms with Crippen LogP contribution < -0.4 is 5.32 Å². The van der Waals surface area contributed by atoms with Gasteiger partial charge in [-0.15, -0.1) is 0 Å². The molecule has 0 aliphatic heterocycles. The number of nitrogens with one attached hydrogen (secondary N) is 1. The van der Waals surface area contributed by atoms with Gasteiger partial charge in [-0.05, 0) is 129 Å². The van der Waals surface area contributed by atoms with Crippen LogP contribution in [0.3, 0.4) is 0 Å². The highest BCUT2D eigenvalue weighted by Crippen LogP contribution is 3.00. The van der Waals surface area contributed by atoms with Crippen LogP contribution in [0.4, 0.5) is 0 Å². The number of rotatable bonds is 7. The van der Waals surface area contributed by atoms with Crippen molar-refractivity contribution >= 4 is 0 Å². The third-order valence-corrected chi connectivity index (χ3v) is 10.8. The second-order valence-electron chi connectivity index (χ2n) is 11.4. The van der Waals surface area contributed by atoms with E-state index in [0.29, 0.717) is 12.5 Å². The molecule has 6 rings (SSSR count). The van der Waals surface area contributed by atoms with E-state index in [-0.39, 0.29) is 6.10 Å². The second-order valence-corrected chi connectivity index (χ2v) is 11.4. The lowest BCUT2D eigenvalue weighted by molar-refractivity contribution is -0.224. The summed E-state index contributed by atoms with van der Waals surface area (Å²) < 4.78 is 0. The van der Waals surface area contributed by atoms with Crippen molar-refractivity contribution in [2.75, 3.05) is 19.7 Å². The molecule has 6 aliphatic rings. The third-order valence-electron chi connectivity index (χ3n) is 10.8. The van der Waals surface area contributed by atoms with Gasteiger partial charge in [-0.1, -0.05) is 6.92 Å². The molecule has 0 amide bonds. The molecule has 0 aromatic carbocycles. The van der Waals surface area contributed by atoms with E-state index in [1.807, 2.05) is 0 Å². The molecule has 0 bridgehead atoms. The summed E-state index contributed by atoms with van der Waals surface area (Å²) in [5, 5.41) is 23.4. The summed E-state index contributed by atoms with van der Waals surface area (Å²) in [5.74, 6) is 7.66. The molecule has 0 radical (unpaired) electrons. The maximum atomic E-state index is 10.1. The minimum Gasteiger partial charge on any atom is -0.396 e. The molecule has 2 spiro atoms. The second kappa shape index (κ2) is 5.95. The Balaban J connectivity index is 1.15. The molecule has 3 N–H and O–H groups in total. The number of aliphatic hydroxyl groups is 2. The molecule has 27 heavy (non-hydrogen) atoms. The zero-order chi connectivity index (χ0) is 18.4. The van der Waals surface area contributed by atoms with Gasteiger partial charge in [-0.25, -0.2) is 0 Å². The summed E-state index contributed by atoms with van der Waals surface area (Å²) in [4.78, 5) is 0. The maximum Gasteiger partial charge on any atom is 0.0543 e. The molecule has 0 aromatic heterocycles. The Hall–Kier alpha value is -0.120. The molecule has 0 saturated heterocycles. The molecule has 152 valence electrons. The minimum absolute atomic E-state index is 0.000234. The van der Waals surface area contributed by atoms with E-state index >= 15 is 0 Å². The van der Waals surface area contributed by atoms with Gasteiger partial charge in [0, 0.05) is 6.61 Å². The minimum atomic E-state index is 0.000234. The van der Waals surface area contributed by atoms with E-state index in [0.717, 1.165) is 84.6 Å². The Morgan fingerprint density at radius 2 is 2.00 bits per heavy atom. The summed E-state index contributed by atoms with van der Waals surface area (Å²) in [6.45, 7) is 4.86. The van der Waals surface area contributed by atoms with Gasteiger partial charge in [-0.3, -0.25) is 0 Å². The Kier molecular flexibility index (Phi) is 3.91. The summed E-state index contributed by atoms with van der Waals surface area (Å²) in [7, 11) is 0. The Morgan fingerprint density at radius 3 is 2.81 bits per heavy atom. The Morgan fingerprint density at radius 1 is 1.11 bits per heavy atom. The fraction of sp³-hybridized carbons (Fsp3) is 1.00. The first-order valence-electron chi connectivity index (χ1n) is 12.2. The largest absolute Gasteiger partial charge is 0.396 e. The predicted octanol–water partition coefficient (Wildman–Crippen LogP) is 3.44. The highest BCUT2D eigenvalue weighted by atomic mass is 16.3. The molecule has 3 nitrogen and oxygen atoms in total. The molecular weight excluding hydrogens is 334 g/mol. The summed E-state index contributed by atoms with van der Waals surface area (Å²) >= 11 is 0. The fourth-order valence-electron chi connectivity index (χ4n) is 9.98. The van der Waals surface area contributed by atoms with Crippen molar-refractivity contribution in [3.05, 3.63) is 0 Å². The zero-order valence-corrected chi connectivity index (χ0v) is 17.1. The van der Waals surface area contributed by atoms with Crippen molar-refractivity contribution in [1.82, 2.24) is 5.32 Å². The molecule has 11 unspecified atom stereocenters. The quantitative estimate of drug-likeness (QED) is 0.599. The van der Waals surface area contributed by atoms with Crippen LogP contribution in [0.25, 0.3) is 0 Å². The van der Waals surface area contributed by atoms with E-state index in [1.54, 1.807) is 0 Å². The van der Waals surface area contributed by atoms with Gasteiger partial charge in [0.05, 0.1) is 6.10 Å². The number of aliphatic hydroxyl groups excluding tert-OH is 2. The normalized spacial score (nSPS) is 57.4. The maximum absolute atomic E-state index is 10.1. The van der Waals surface area contributed by atoms with E-state index in [1.165, 1.54) is 38.5 Å². The van der Waals surface area contributed by atoms with Crippen molar-refractivity contribution in [3.63, 3.8) is 0 Å². The van der Waals surface area contributed by atoms with Crippen LogP contribution in [0.5, 0.6) is 0 Å². The summed E-state index contributed by atoms with van der Waals surface area (Å²) in [6, 6.07) is 0. The van der Waals surface area contributed by atoms with Crippen LogP contribution in [-0.4, -0.2) is 36.0 Å². The first-order chi connectivity index (χ1) is 13.2. The van der Waals surface area contributed by atoms with Gasteiger partial charge in [0.1, 0.15) is 0 Å². The van der Waals surface area contributed by atoms with Gasteiger partial charge in [0.2, 0.25) is 0 Å². The van der Waals surface area contributed by atoms with Crippen molar-refractivity contribution in [2.24, 2.45) is 58.2 Å². The van der Waals surface area contributed by atoms with Gasteiger partial charge >= 0.3 is 0 Å². The van der Waals surface area contributed by atoms with Crippen LogP contribution in [0, 0.1) is 58.2 Å². The monoisotopic (exact) mass is 373 g/mol. The van der Waals surface area contributed by atoms with Crippen LogP contribution in [0.2, 0.25) is 0 Å². The standard InChI is InChI=1S/C24H39NO2/c1-2-8-25-13-15(6-9-26)20-12-24(20)21-19-11-18-17-4-3-16(27)10-14(17)5-7-23(18,19)22(21)24/h14-22,25-27H,2-13H2,1H3. The lowest BCUT2D eigenvalue weighted by atomic mass is 9.34. The molecule has 0 heterocycles. The molecule has 6 saturated carbocycles. The lowest BCUT2D eigenvalue weighted by Gasteiger charge is -2.70. The third kappa shape index (κ3) is 2.10. The Labute approximate surface area is 164 Å². The van der Waals surface area contributed by atoms with Crippen LogP contribution in [-0.2, 0) is 0 Å². The number of hydrogen-bond acceptors (Lipinski definition) is 3. The van der Waals surface area contributed by atoms with Crippen LogP contribution in [0.1, 0.15) is 64.7 Å². The predicted molar refractivity (Wildman–Crippen MR) is 106 cm³/mol. The van der Waals surface area contributed by atoms with Crippen molar-refractivity contribution < 1.29 is 10.2 Å². The number of fused-ring (bicyclic) bond motifs is 6. The van der Waals surface area contributed by atoms with Crippen molar-refractivity contribution in [1.29, 1.82) is 0 Å². The van der Waals surface area contributed by atoms with Crippen molar-refractivity contribution in [2.45, 2.75) is 70.8 Å². The first kappa shape index (κ1) is 17.7. The van der Waals surface area contributed by atoms with Gasteiger partial charge in [-0.2, -0.15) is 0 Å². The molecule has 0 aromatic rings. The van der Waals surface area contributed by atoms with E-state index in [9.17, 15) is 10.2 Å². The highest BCUT2D eigenvalue weighted by Gasteiger charge is 2.95. The summed E-state index contributed by atoms with van der Waals surface area (Å²) in [6.07, 6.45) is 11.6. The zero-order valence-electron chi connectivity index (χ0n) is 17.1. The molecular formula is C24H39NO2. The van der Waals surface area contributed by atoms with E-state index in [4.69, 9.17) is 0 Å². The van der Waals surface area contributed by atoms with Gasteiger partial charge in [0.15, 0.2) is 0 Å². The SMILES string of the molecule is CCCNCC(CCO)C1CC12C1C3CC4C5CCC(O)CC5CCC43C12. The number of hydrogen-bond donors (Lipinski definition) is 3. The topological polar surface area (TPSA) is 52.5 Å². The first-order valence-corrected chi connectivity index (χ1v) is 12.2. The van der Waals surface area contributed by atoms with Gasteiger partial charge < -0.3 is 15.5 Å². The average Bonchev–Trinajstić information content (AvgIpc) is 3.52. The van der Waals surface area contributed by atoms with E-state index in [2.05, 4.69) is 12.2 Å². The average molecular weight is 374 g/mol. The fourth-order valence-corrected chi connectivity index (χ4v) is 9.98. The highest BCUT2D eigenvalue weighted by molar-refractivity contribution is 5.42. The molecule has 6 aliphatic carbocycles. The molecule has 3 heteroatoms. The Bertz CT molecular complexity index is 609. The molecule has 11 atom stereocenters. The van der Waals surface area contributed by atoms with Crippen LogP contribution in [0.15, 0.2) is 0 Å². The summed E-state index contributed by atoms with van der Waals surface area (Å²) in [5.41, 5.74) is 1.48.